The fourth-order valence-electron chi connectivity index (χ4n) is 2.43. The summed E-state index contributed by atoms with van der Waals surface area (Å²) < 4.78 is 5.04. The van der Waals surface area contributed by atoms with Crippen LogP contribution < -0.4 is 4.74 Å². The predicted molar refractivity (Wildman–Crippen MR) is 69.3 cm³/mol. The van der Waals surface area contributed by atoms with Crippen molar-refractivity contribution in [1.82, 2.24) is 4.90 Å². The molecule has 2 rings (SSSR count). The van der Waals surface area contributed by atoms with Gasteiger partial charge in [0.15, 0.2) is 5.75 Å². The van der Waals surface area contributed by atoms with Crippen LogP contribution in [0, 0.1) is 10.1 Å². The molecule has 0 radical (unpaired) electrons. The Kier molecular flexibility index (Phi) is 3.69. The first-order valence-electron chi connectivity index (χ1n) is 6.19. The van der Waals surface area contributed by atoms with Gasteiger partial charge in [-0.05, 0) is 25.0 Å². The first kappa shape index (κ1) is 13.3. The maximum absolute atomic E-state index is 12.0. The van der Waals surface area contributed by atoms with Gasteiger partial charge in [-0.15, -0.1) is 0 Å². The molecule has 1 aliphatic rings. The average molecular weight is 264 g/mol. The van der Waals surface area contributed by atoms with Crippen LogP contribution in [-0.2, 0) is 17.6 Å². The second-order valence-corrected chi connectivity index (χ2v) is 4.41. The molecule has 0 unspecified atom stereocenters. The summed E-state index contributed by atoms with van der Waals surface area (Å²) in [7, 11) is 1.39. The first-order valence-corrected chi connectivity index (χ1v) is 6.19. The van der Waals surface area contributed by atoms with Crippen molar-refractivity contribution >= 4 is 11.6 Å². The third-order valence-electron chi connectivity index (χ3n) is 3.46. The summed E-state index contributed by atoms with van der Waals surface area (Å²) in [5, 5.41) is 11.2. The SMILES string of the molecule is CCN1CCc2ccc(OC)c([N+](=O)[O-])c2CC1=O. The normalized spacial score (nSPS) is 14.8. The number of nitro benzene ring substituents is 1. The number of carbonyl (C=O) groups excluding carboxylic acids is 1. The lowest BCUT2D eigenvalue weighted by molar-refractivity contribution is -0.386. The van der Waals surface area contributed by atoms with Gasteiger partial charge in [0, 0.05) is 18.7 Å². The molecule has 102 valence electrons. The Morgan fingerprint density at radius 1 is 1.47 bits per heavy atom. The lowest BCUT2D eigenvalue weighted by Crippen LogP contribution is -2.31. The van der Waals surface area contributed by atoms with Gasteiger partial charge in [-0.2, -0.15) is 0 Å². The zero-order chi connectivity index (χ0) is 14.0. The molecule has 0 atom stereocenters. The number of carbonyl (C=O) groups is 1. The molecule has 19 heavy (non-hydrogen) atoms. The highest BCUT2D eigenvalue weighted by Crippen LogP contribution is 2.35. The molecule has 0 aromatic heterocycles. The van der Waals surface area contributed by atoms with Crippen molar-refractivity contribution in [1.29, 1.82) is 0 Å². The molecule has 1 aromatic carbocycles. The van der Waals surface area contributed by atoms with Crippen LogP contribution in [0.2, 0.25) is 0 Å². The molecule has 6 heteroatoms. The zero-order valence-electron chi connectivity index (χ0n) is 11.0. The molecule has 0 spiro atoms. The van der Waals surface area contributed by atoms with E-state index in [9.17, 15) is 14.9 Å². The molecule has 0 aliphatic carbocycles. The molecule has 0 fully saturated rings. The second kappa shape index (κ2) is 5.26. The quantitative estimate of drug-likeness (QED) is 0.613. The van der Waals surface area contributed by atoms with Gasteiger partial charge in [0.2, 0.25) is 5.91 Å². The average Bonchev–Trinajstić information content (AvgIpc) is 2.55. The van der Waals surface area contributed by atoms with Crippen LogP contribution in [0.5, 0.6) is 5.75 Å². The number of ether oxygens (including phenoxy) is 1. The largest absolute Gasteiger partial charge is 0.490 e. The monoisotopic (exact) mass is 264 g/mol. The summed E-state index contributed by atoms with van der Waals surface area (Å²) in [5.74, 6) is 0.138. The van der Waals surface area contributed by atoms with Crippen molar-refractivity contribution in [3.05, 3.63) is 33.4 Å². The van der Waals surface area contributed by atoms with E-state index in [0.717, 1.165) is 5.56 Å². The highest BCUT2D eigenvalue weighted by Gasteiger charge is 2.29. The Morgan fingerprint density at radius 2 is 2.21 bits per heavy atom. The van der Waals surface area contributed by atoms with Crippen molar-refractivity contribution in [2.24, 2.45) is 0 Å². The Bertz CT molecular complexity index is 528. The van der Waals surface area contributed by atoms with Crippen molar-refractivity contribution < 1.29 is 14.5 Å². The van der Waals surface area contributed by atoms with E-state index in [-0.39, 0.29) is 23.8 Å². The lowest BCUT2D eigenvalue weighted by Gasteiger charge is -2.17. The molecule has 0 bridgehead atoms. The van der Waals surface area contributed by atoms with E-state index >= 15 is 0 Å². The van der Waals surface area contributed by atoms with E-state index in [0.29, 0.717) is 25.1 Å². The number of fused-ring (bicyclic) bond motifs is 1. The molecule has 0 saturated carbocycles. The van der Waals surface area contributed by atoms with Crippen LogP contribution in [0.1, 0.15) is 18.1 Å². The number of nitro groups is 1. The lowest BCUT2D eigenvalue weighted by atomic mass is 10.00. The van der Waals surface area contributed by atoms with Crippen LogP contribution in [0.3, 0.4) is 0 Å². The summed E-state index contributed by atoms with van der Waals surface area (Å²) in [6, 6.07) is 3.41. The third kappa shape index (κ3) is 2.38. The number of methoxy groups -OCH3 is 1. The summed E-state index contributed by atoms with van der Waals surface area (Å²) in [4.78, 5) is 24.5. The van der Waals surface area contributed by atoms with Gasteiger partial charge >= 0.3 is 5.69 Å². The Morgan fingerprint density at radius 3 is 2.79 bits per heavy atom. The van der Waals surface area contributed by atoms with Gasteiger partial charge in [-0.3, -0.25) is 14.9 Å². The highest BCUT2D eigenvalue weighted by atomic mass is 16.6. The summed E-state index contributed by atoms with van der Waals surface area (Å²) in [6.45, 7) is 3.13. The maximum atomic E-state index is 12.0. The fraction of sp³-hybridized carbons (Fsp3) is 0.462. The van der Waals surface area contributed by atoms with Crippen LogP contribution in [0.15, 0.2) is 12.1 Å². The van der Waals surface area contributed by atoms with Crippen molar-refractivity contribution in [3.8, 4) is 5.75 Å². The molecule has 0 N–H and O–H groups in total. The van der Waals surface area contributed by atoms with Crippen LogP contribution >= 0.6 is 0 Å². The molecule has 0 saturated heterocycles. The van der Waals surface area contributed by atoms with Crippen LogP contribution in [0.4, 0.5) is 5.69 Å². The van der Waals surface area contributed by atoms with Crippen molar-refractivity contribution in [2.75, 3.05) is 20.2 Å². The minimum absolute atomic E-state index is 0.0662. The minimum Gasteiger partial charge on any atom is -0.490 e. The van der Waals surface area contributed by atoms with Crippen LogP contribution in [-0.4, -0.2) is 35.9 Å². The van der Waals surface area contributed by atoms with Gasteiger partial charge in [0.25, 0.3) is 0 Å². The van der Waals surface area contributed by atoms with E-state index in [1.165, 1.54) is 7.11 Å². The Hall–Kier alpha value is -2.11. The maximum Gasteiger partial charge on any atom is 0.314 e. The summed E-state index contributed by atoms with van der Waals surface area (Å²) in [5.41, 5.74) is 1.27. The van der Waals surface area contributed by atoms with E-state index < -0.39 is 4.92 Å². The van der Waals surface area contributed by atoms with Gasteiger partial charge < -0.3 is 9.64 Å². The number of hydrogen-bond acceptors (Lipinski definition) is 4. The molecular formula is C13H16N2O4. The molecule has 1 heterocycles. The van der Waals surface area contributed by atoms with Crippen LogP contribution in [0.25, 0.3) is 0 Å². The minimum atomic E-state index is -0.466. The van der Waals surface area contributed by atoms with Gasteiger partial charge in [-0.1, -0.05) is 6.07 Å². The standard InChI is InChI=1S/C13H16N2O4/c1-3-14-7-6-9-4-5-11(19-2)13(15(17)18)10(9)8-12(14)16/h4-5H,3,6-8H2,1-2H3. The molecule has 1 aromatic rings. The summed E-state index contributed by atoms with van der Waals surface area (Å²) >= 11 is 0. The second-order valence-electron chi connectivity index (χ2n) is 4.41. The van der Waals surface area contributed by atoms with E-state index in [4.69, 9.17) is 4.74 Å². The smallest absolute Gasteiger partial charge is 0.314 e. The van der Waals surface area contributed by atoms with Crippen molar-refractivity contribution in [3.63, 3.8) is 0 Å². The molecule has 1 aliphatic heterocycles. The number of benzene rings is 1. The number of likely N-dealkylation sites (N-methyl/N-ethyl adjacent to an activating group) is 1. The van der Waals surface area contributed by atoms with E-state index in [2.05, 4.69) is 0 Å². The van der Waals surface area contributed by atoms with Gasteiger partial charge in [-0.25, -0.2) is 0 Å². The molecule has 6 nitrogen and oxygen atoms in total. The van der Waals surface area contributed by atoms with Gasteiger partial charge in [0.1, 0.15) is 0 Å². The fourth-order valence-corrected chi connectivity index (χ4v) is 2.43. The number of nitrogens with zero attached hydrogens (tertiary/aromatic N) is 2. The highest BCUT2D eigenvalue weighted by molar-refractivity contribution is 5.82. The summed E-state index contributed by atoms with van der Waals surface area (Å²) in [6.07, 6.45) is 0.705. The van der Waals surface area contributed by atoms with E-state index in [1.807, 2.05) is 13.0 Å². The zero-order valence-corrected chi connectivity index (χ0v) is 11.0. The molecular weight excluding hydrogens is 248 g/mol. The topological polar surface area (TPSA) is 72.7 Å². The van der Waals surface area contributed by atoms with Gasteiger partial charge in [0.05, 0.1) is 18.5 Å². The Labute approximate surface area is 111 Å². The third-order valence-corrected chi connectivity index (χ3v) is 3.46. The predicted octanol–water partition coefficient (Wildman–Crippen LogP) is 1.55. The number of hydrogen-bond donors (Lipinski definition) is 0. The van der Waals surface area contributed by atoms with Crippen molar-refractivity contribution in [2.45, 2.75) is 19.8 Å². The Balaban J connectivity index is 2.53. The first-order chi connectivity index (χ1) is 9.08. The molecule has 1 amide bonds. The number of rotatable bonds is 3. The number of amides is 1. The van der Waals surface area contributed by atoms with E-state index in [1.54, 1.807) is 11.0 Å².